The number of imide groups is 1. The van der Waals surface area contributed by atoms with Gasteiger partial charge >= 0.3 is 11.9 Å². The molecule has 12 heteroatoms. The van der Waals surface area contributed by atoms with Crippen molar-refractivity contribution in [3.05, 3.63) is 93.3 Å². The minimum Gasteiger partial charge on any atom is -0.450 e. The van der Waals surface area contributed by atoms with E-state index in [0.717, 1.165) is 40.6 Å². The predicted octanol–water partition coefficient (Wildman–Crippen LogP) is 5.95. The van der Waals surface area contributed by atoms with Gasteiger partial charge in [-0.15, -0.1) is 0 Å². The predicted molar refractivity (Wildman–Crippen MR) is 141 cm³/mol. The molecule has 2 heterocycles. The van der Waals surface area contributed by atoms with Crippen molar-refractivity contribution >= 4 is 23.7 Å². The number of allylic oxidation sites excluding steroid dienone is 2. The number of nitro groups is 1. The molecule has 2 aliphatic carbocycles. The summed E-state index contributed by atoms with van der Waals surface area (Å²) in [7, 11) is 0. The Morgan fingerprint density at radius 1 is 1.00 bits per heavy atom. The van der Waals surface area contributed by atoms with Crippen LogP contribution in [0.4, 0.5) is 18.9 Å². The number of amides is 2. The first-order valence-corrected chi connectivity index (χ1v) is 12.9. The molecule has 1 aliphatic heterocycles. The van der Waals surface area contributed by atoms with Gasteiger partial charge in [0.05, 0.1) is 28.5 Å². The van der Waals surface area contributed by atoms with Crippen molar-refractivity contribution in [3.63, 3.8) is 0 Å². The molecule has 41 heavy (non-hydrogen) atoms. The van der Waals surface area contributed by atoms with Gasteiger partial charge in [-0.25, -0.2) is 0 Å². The van der Waals surface area contributed by atoms with E-state index in [4.69, 9.17) is 4.74 Å². The molecule has 2 aromatic carbocycles. The Balaban J connectivity index is 1.21. The second-order valence-electron chi connectivity index (χ2n) is 10.4. The van der Waals surface area contributed by atoms with E-state index in [9.17, 15) is 32.9 Å². The first-order valence-electron chi connectivity index (χ1n) is 12.9. The zero-order valence-electron chi connectivity index (χ0n) is 21.8. The van der Waals surface area contributed by atoms with Crippen LogP contribution in [0.1, 0.15) is 28.9 Å². The molecular weight excluding hydrogens is 541 g/mol. The Morgan fingerprint density at radius 3 is 2.22 bits per heavy atom. The Bertz CT molecular complexity index is 1630. The van der Waals surface area contributed by atoms with Crippen LogP contribution in [0.3, 0.4) is 0 Å². The number of halogens is 3. The fourth-order valence-electron chi connectivity index (χ4n) is 6.15. The van der Waals surface area contributed by atoms with Crippen molar-refractivity contribution in [1.29, 1.82) is 0 Å². The monoisotopic (exact) mass is 564 g/mol. The number of alkyl halides is 3. The first kappa shape index (κ1) is 26.5. The third-order valence-electron chi connectivity index (χ3n) is 8.04. The van der Waals surface area contributed by atoms with Crippen molar-refractivity contribution in [1.82, 2.24) is 9.58 Å². The van der Waals surface area contributed by atoms with Gasteiger partial charge in [-0.3, -0.25) is 19.7 Å². The number of hydrazone groups is 1. The molecule has 6 rings (SSSR count). The van der Waals surface area contributed by atoms with Gasteiger partial charge in [0, 0.05) is 28.7 Å². The van der Waals surface area contributed by atoms with Gasteiger partial charge in [0.1, 0.15) is 5.75 Å². The summed E-state index contributed by atoms with van der Waals surface area (Å²) in [6.07, 6.45) is 1.68. The summed E-state index contributed by atoms with van der Waals surface area (Å²) in [4.78, 5) is 36.3. The summed E-state index contributed by atoms with van der Waals surface area (Å²) in [5.74, 6) is -1.09. The summed E-state index contributed by atoms with van der Waals surface area (Å²) in [6.45, 7) is 3.73. The van der Waals surface area contributed by atoms with Crippen LogP contribution in [0.5, 0.6) is 11.5 Å². The second kappa shape index (κ2) is 9.43. The van der Waals surface area contributed by atoms with Crippen molar-refractivity contribution in [2.24, 2.45) is 28.8 Å². The molecule has 2 bridgehead atoms. The zero-order valence-corrected chi connectivity index (χ0v) is 21.8. The fraction of sp³-hybridized carbons (Fsp3) is 0.276. The van der Waals surface area contributed by atoms with Gasteiger partial charge in [0.2, 0.25) is 5.75 Å². The van der Waals surface area contributed by atoms with Crippen LogP contribution in [-0.2, 0) is 15.8 Å². The molecule has 2 amide bonds. The molecule has 4 atom stereocenters. The lowest BCUT2D eigenvalue weighted by Gasteiger charge is -2.13. The second-order valence-corrected chi connectivity index (χ2v) is 10.4. The van der Waals surface area contributed by atoms with Gasteiger partial charge in [-0.05, 0) is 74.6 Å². The maximum Gasteiger partial charge on any atom is 0.416 e. The van der Waals surface area contributed by atoms with E-state index in [0.29, 0.717) is 11.6 Å². The van der Waals surface area contributed by atoms with E-state index in [2.05, 4.69) is 5.10 Å². The smallest absolute Gasteiger partial charge is 0.416 e. The third-order valence-corrected chi connectivity index (χ3v) is 8.04. The molecule has 3 aromatic rings. The highest BCUT2D eigenvalue weighted by Gasteiger charge is 2.59. The first-order chi connectivity index (χ1) is 19.4. The normalized spacial score (nSPS) is 23.2. The number of aromatic nitrogens is 1. The average molecular weight is 565 g/mol. The van der Waals surface area contributed by atoms with Crippen LogP contribution < -0.4 is 4.74 Å². The zero-order chi connectivity index (χ0) is 29.2. The molecule has 0 N–H and O–H groups in total. The number of nitro benzene ring substituents is 1. The highest BCUT2D eigenvalue weighted by molar-refractivity contribution is 6.06. The average Bonchev–Trinajstić information content (AvgIpc) is 3.66. The Hall–Kier alpha value is -4.74. The maximum atomic E-state index is 13.0. The van der Waals surface area contributed by atoms with Crippen molar-refractivity contribution in [2.45, 2.75) is 26.4 Å². The number of hydrogen-bond donors (Lipinski definition) is 0. The number of hydrogen-bond acceptors (Lipinski definition) is 6. The van der Waals surface area contributed by atoms with Crippen molar-refractivity contribution < 1.29 is 32.4 Å². The number of carbonyl (C=O) groups excluding carboxylic acids is 2. The number of nitrogens with zero attached hydrogens (tertiary/aromatic N) is 4. The van der Waals surface area contributed by atoms with Crippen molar-refractivity contribution in [2.75, 3.05) is 0 Å². The molecule has 1 saturated heterocycles. The van der Waals surface area contributed by atoms with Crippen LogP contribution >= 0.6 is 0 Å². The largest absolute Gasteiger partial charge is 0.450 e. The van der Waals surface area contributed by atoms with Crippen molar-refractivity contribution in [3.8, 4) is 17.2 Å². The number of fused-ring (bicyclic) bond motifs is 5. The van der Waals surface area contributed by atoms with Gasteiger partial charge in [0.25, 0.3) is 11.8 Å². The topological polar surface area (TPSA) is 107 Å². The van der Waals surface area contributed by atoms with Gasteiger partial charge in [-0.2, -0.15) is 23.3 Å². The highest BCUT2D eigenvalue weighted by atomic mass is 19.4. The van der Waals surface area contributed by atoms with E-state index in [1.54, 1.807) is 24.3 Å². The number of carbonyl (C=O) groups is 2. The minimum absolute atomic E-state index is 0.101. The van der Waals surface area contributed by atoms with Gasteiger partial charge in [-0.1, -0.05) is 12.2 Å². The summed E-state index contributed by atoms with van der Waals surface area (Å²) in [5.41, 5.74) is 1.12. The quantitative estimate of drug-likeness (QED) is 0.121. The van der Waals surface area contributed by atoms with Crippen LogP contribution in [-0.4, -0.2) is 32.5 Å². The number of benzene rings is 2. The molecule has 1 saturated carbocycles. The Morgan fingerprint density at radius 2 is 1.63 bits per heavy atom. The van der Waals surface area contributed by atoms with E-state index >= 15 is 0 Å². The maximum absolute atomic E-state index is 13.0. The lowest BCUT2D eigenvalue weighted by Crippen LogP contribution is -2.28. The molecule has 2 fully saturated rings. The summed E-state index contributed by atoms with van der Waals surface area (Å²) in [5, 5.41) is 16.6. The molecule has 3 aliphatic rings. The summed E-state index contributed by atoms with van der Waals surface area (Å²) < 4.78 is 46.4. The lowest BCUT2D eigenvalue weighted by atomic mass is 9.85. The minimum atomic E-state index is -4.73. The molecule has 9 nitrogen and oxygen atoms in total. The fourth-order valence-corrected chi connectivity index (χ4v) is 6.15. The van der Waals surface area contributed by atoms with Crippen LogP contribution in [0, 0.1) is 47.6 Å². The Labute approximate surface area is 231 Å². The number of ether oxygens (including phenoxy) is 1. The molecule has 0 spiro atoms. The number of rotatable bonds is 6. The van der Waals surface area contributed by atoms with E-state index < -0.39 is 22.4 Å². The van der Waals surface area contributed by atoms with E-state index in [1.165, 1.54) is 6.21 Å². The number of aryl methyl sites for hydroxylation is 1. The summed E-state index contributed by atoms with van der Waals surface area (Å²) in [6, 6.07) is 10.4. The van der Waals surface area contributed by atoms with Gasteiger partial charge < -0.3 is 9.30 Å². The van der Waals surface area contributed by atoms with Crippen LogP contribution in [0.25, 0.3) is 5.69 Å². The lowest BCUT2D eigenvalue weighted by molar-refractivity contribution is -0.385. The highest BCUT2D eigenvalue weighted by Crippen LogP contribution is 2.52. The third kappa shape index (κ3) is 4.39. The van der Waals surface area contributed by atoms with Gasteiger partial charge in [0.15, 0.2) is 0 Å². The molecule has 1 aromatic heterocycles. The standard InChI is InChI=1S/C29H23F3N4O5/c1-15-11-19(14-33-35-27(37)25-17-3-4-18(12-17)26(25)28(35)38)16(2)34(15)21-6-8-22(9-7-21)41-24-10-5-20(29(30,31)32)13-23(24)36(39)40/h3-11,13-14,17-18,25-26H,12H2,1-2H3/t17-,18-,25-,26+/m0/s1. The molecule has 0 unspecified atom stereocenters. The molecule has 0 radical (unpaired) electrons. The van der Waals surface area contributed by atoms with E-state index in [-0.39, 0.29) is 47.0 Å². The Kier molecular flexibility index (Phi) is 6.09. The van der Waals surface area contributed by atoms with Crippen LogP contribution in [0.15, 0.2) is 65.8 Å². The molecule has 210 valence electrons. The molecular formula is C29H23F3N4O5. The van der Waals surface area contributed by atoms with E-state index in [1.807, 2.05) is 36.6 Å². The summed E-state index contributed by atoms with van der Waals surface area (Å²) >= 11 is 0. The SMILES string of the molecule is Cc1cc(C=NN2C(=O)[C@@H]3[C@H](C2=O)[C@H]2C=C[C@H]3C2)c(C)n1-c1ccc(Oc2ccc(C(F)(F)F)cc2[N+](=O)[O-])cc1. The van der Waals surface area contributed by atoms with Crippen LogP contribution in [0.2, 0.25) is 0 Å².